The van der Waals surface area contributed by atoms with E-state index in [-0.39, 0.29) is 10.5 Å². The van der Waals surface area contributed by atoms with Crippen molar-refractivity contribution in [3.05, 3.63) is 64.4 Å². The van der Waals surface area contributed by atoms with Crippen molar-refractivity contribution >= 4 is 33.0 Å². The number of sulfone groups is 1. The van der Waals surface area contributed by atoms with Gasteiger partial charge in [-0.05, 0) is 43.7 Å². The molecule has 0 aliphatic carbocycles. The van der Waals surface area contributed by atoms with Crippen LogP contribution in [0.1, 0.15) is 21.7 Å². The van der Waals surface area contributed by atoms with Crippen LogP contribution in [0.25, 0.3) is 11.3 Å². The molecule has 1 aromatic heterocycles. The van der Waals surface area contributed by atoms with Gasteiger partial charge in [-0.2, -0.15) is 0 Å². The SMILES string of the molecule is Cc1cc(S(C)(=O)=O)ccc1NC(=O)c1c(-c2ccccc2Cl)noc1C. The highest BCUT2D eigenvalue weighted by molar-refractivity contribution is 7.90. The van der Waals surface area contributed by atoms with Crippen molar-refractivity contribution < 1.29 is 17.7 Å². The van der Waals surface area contributed by atoms with E-state index in [1.54, 1.807) is 44.2 Å². The molecule has 8 heteroatoms. The molecule has 0 spiro atoms. The summed E-state index contributed by atoms with van der Waals surface area (Å²) in [7, 11) is -3.32. The Balaban J connectivity index is 1.97. The molecule has 0 atom stereocenters. The predicted molar refractivity (Wildman–Crippen MR) is 104 cm³/mol. The van der Waals surface area contributed by atoms with Gasteiger partial charge in [-0.25, -0.2) is 8.42 Å². The Morgan fingerprint density at radius 3 is 2.48 bits per heavy atom. The zero-order chi connectivity index (χ0) is 19.8. The highest BCUT2D eigenvalue weighted by atomic mass is 35.5. The lowest BCUT2D eigenvalue weighted by molar-refractivity contribution is 0.102. The van der Waals surface area contributed by atoms with Gasteiger partial charge in [0, 0.05) is 17.5 Å². The molecule has 0 aliphatic heterocycles. The molecule has 140 valence electrons. The number of hydrogen-bond acceptors (Lipinski definition) is 5. The molecule has 0 aliphatic rings. The van der Waals surface area contributed by atoms with E-state index in [1.165, 1.54) is 12.1 Å². The Labute approximate surface area is 162 Å². The molecule has 1 heterocycles. The van der Waals surface area contributed by atoms with Crippen molar-refractivity contribution in [1.82, 2.24) is 5.16 Å². The highest BCUT2D eigenvalue weighted by Gasteiger charge is 2.23. The number of carbonyl (C=O) groups is 1. The number of amides is 1. The van der Waals surface area contributed by atoms with Crippen LogP contribution in [0.15, 0.2) is 51.9 Å². The average Bonchev–Trinajstić information content (AvgIpc) is 2.97. The van der Waals surface area contributed by atoms with Crippen molar-refractivity contribution in [3.63, 3.8) is 0 Å². The lowest BCUT2D eigenvalue weighted by Crippen LogP contribution is -2.14. The maximum absolute atomic E-state index is 12.9. The Kier molecular flexibility index (Phi) is 5.08. The van der Waals surface area contributed by atoms with Crippen LogP contribution < -0.4 is 5.32 Å². The lowest BCUT2D eigenvalue weighted by atomic mass is 10.1. The van der Waals surface area contributed by atoms with Crippen LogP contribution in [0, 0.1) is 13.8 Å². The molecule has 0 radical (unpaired) electrons. The van der Waals surface area contributed by atoms with Gasteiger partial charge in [-0.15, -0.1) is 0 Å². The summed E-state index contributed by atoms with van der Waals surface area (Å²) in [6.07, 6.45) is 1.14. The summed E-state index contributed by atoms with van der Waals surface area (Å²) in [6, 6.07) is 11.6. The standard InChI is InChI=1S/C19H17ClN2O4S/c1-11-10-13(27(3,24)25)8-9-16(11)21-19(23)17-12(2)26-22-18(17)14-6-4-5-7-15(14)20/h4-10H,1-3H3,(H,21,23). The number of benzene rings is 2. The molecule has 0 bridgehead atoms. The minimum absolute atomic E-state index is 0.191. The Hall–Kier alpha value is -2.64. The molecular weight excluding hydrogens is 388 g/mol. The van der Waals surface area contributed by atoms with Gasteiger partial charge < -0.3 is 9.84 Å². The third-order valence-corrected chi connectivity index (χ3v) is 5.53. The van der Waals surface area contributed by atoms with Gasteiger partial charge in [0.05, 0.1) is 9.92 Å². The van der Waals surface area contributed by atoms with E-state index in [0.717, 1.165) is 6.26 Å². The van der Waals surface area contributed by atoms with E-state index >= 15 is 0 Å². The van der Waals surface area contributed by atoms with E-state index < -0.39 is 15.7 Å². The zero-order valence-electron chi connectivity index (χ0n) is 14.9. The molecule has 27 heavy (non-hydrogen) atoms. The number of anilines is 1. The molecule has 0 fully saturated rings. The van der Waals surface area contributed by atoms with E-state index in [1.807, 2.05) is 0 Å². The smallest absolute Gasteiger partial charge is 0.261 e. The second-order valence-corrected chi connectivity index (χ2v) is 8.57. The summed E-state index contributed by atoms with van der Waals surface area (Å²) >= 11 is 6.22. The number of halogens is 1. The molecular formula is C19H17ClN2O4S. The topological polar surface area (TPSA) is 89.3 Å². The largest absolute Gasteiger partial charge is 0.360 e. The van der Waals surface area contributed by atoms with E-state index in [2.05, 4.69) is 10.5 Å². The summed E-state index contributed by atoms with van der Waals surface area (Å²) in [6.45, 7) is 3.36. The van der Waals surface area contributed by atoms with Gasteiger partial charge in [0.25, 0.3) is 5.91 Å². The molecule has 1 N–H and O–H groups in total. The van der Waals surface area contributed by atoms with Crippen molar-refractivity contribution in [2.45, 2.75) is 18.7 Å². The van der Waals surface area contributed by atoms with Gasteiger partial charge in [0.15, 0.2) is 9.84 Å². The van der Waals surface area contributed by atoms with Crippen molar-refractivity contribution in [1.29, 1.82) is 0 Å². The molecule has 0 saturated heterocycles. The lowest BCUT2D eigenvalue weighted by Gasteiger charge is -2.10. The normalized spacial score (nSPS) is 11.4. The maximum Gasteiger partial charge on any atom is 0.261 e. The number of rotatable bonds is 4. The van der Waals surface area contributed by atoms with Gasteiger partial charge in [0.2, 0.25) is 0 Å². The fraction of sp³-hybridized carbons (Fsp3) is 0.158. The number of nitrogens with zero attached hydrogens (tertiary/aromatic N) is 1. The average molecular weight is 405 g/mol. The molecule has 6 nitrogen and oxygen atoms in total. The number of carbonyl (C=O) groups excluding carboxylic acids is 1. The predicted octanol–water partition coefficient (Wildman–Crippen LogP) is 4.27. The molecule has 2 aromatic carbocycles. The van der Waals surface area contributed by atoms with Crippen LogP contribution in [0.4, 0.5) is 5.69 Å². The van der Waals surface area contributed by atoms with Crippen molar-refractivity contribution in [2.75, 3.05) is 11.6 Å². The summed E-state index contributed by atoms with van der Waals surface area (Å²) in [5.74, 6) is -0.0632. The van der Waals surface area contributed by atoms with E-state index in [9.17, 15) is 13.2 Å². The molecule has 0 unspecified atom stereocenters. The van der Waals surface area contributed by atoms with Gasteiger partial charge >= 0.3 is 0 Å². The third kappa shape index (κ3) is 3.89. The Morgan fingerprint density at radius 2 is 1.85 bits per heavy atom. The second-order valence-electron chi connectivity index (χ2n) is 6.15. The van der Waals surface area contributed by atoms with Crippen LogP contribution in [-0.2, 0) is 9.84 Å². The van der Waals surface area contributed by atoms with E-state index in [0.29, 0.717) is 33.3 Å². The Morgan fingerprint density at radius 1 is 1.15 bits per heavy atom. The van der Waals surface area contributed by atoms with Crippen LogP contribution in [0.5, 0.6) is 0 Å². The van der Waals surface area contributed by atoms with Crippen molar-refractivity contribution in [3.8, 4) is 11.3 Å². The minimum Gasteiger partial charge on any atom is -0.360 e. The highest BCUT2D eigenvalue weighted by Crippen LogP contribution is 2.31. The molecule has 1 amide bonds. The van der Waals surface area contributed by atoms with Crippen LogP contribution in [-0.4, -0.2) is 25.7 Å². The first-order valence-corrected chi connectivity index (χ1v) is 10.3. The summed E-state index contributed by atoms with van der Waals surface area (Å²) in [5.41, 5.74) is 2.33. The van der Waals surface area contributed by atoms with E-state index in [4.69, 9.17) is 16.1 Å². The fourth-order valence-electron chi connectivity index (χ4n) is 2.67. The van der Waals surface area contributed by atoms with Crippen LogP contribution >= 0.6 is 11.6 Å². The van der Waals surface area contributed by atoms with Crippen molar-refractivity contribution in [2.24, 2.45) is 0 Å². The maximum atomic E-state index is 12.9. The van der Waals surface area contributed by atoms with Crippen LogP contribution in [0.2, 0.25) is 5.02 Å². The summed E-state index contributed by atoms with van der Waals surface area (Å²) in [4.78, 5) is 13.1. The minimum atomic E-state index is -3.32. The molecule has 3 rings (SSSR count). The van der Waals surface area contributed by atoms with Gasteiger partial charge in [-0.3, -0.25) is 4.79 Å². The molecule has 3 aromatic rings. The number of hydrogen-bond donors (Lipinski definition) is 1. The summed E-state index contributed by atoms with van der Waals surface area (Å²) < 4.78 is 28.5. The fourth-order valence-corrected chi connectivity index (χ4v) is 3.60. The first-order valence-electron chi connectivity index (χ1n) is 8.01. The quantitative estimate of drug-likeness (QED) is 0.701. The van der Waals surface area contributed by atoms with Crippen LogP contribution in [0.3, 0.4) is 0 Å². The first kappa shape index (κ1) is 19.1. The third-order valence-electron chi connectivity index (χ3n) is 4.09. The van der Waals surface area contributed by atoms with Gasteiger partial charge in [-0.1, -0.05) is 35.0 Å². The first-order chi connectivity index (χ1) is 12.7. The Bertz CT molecular complexity index is 1140. The monoisotopic (exact) mass is 404 g/mol. The number of aryl methyl sites for hydroxylation is 2. The summed E-state index contributed by atoms with van der Waals surface area (Å²) in [5, 5.41) is 7.22. The second kappa shape index (κ2) is 7.17. The number of nitrogens with one attached hydrogen (secondary N) is 1. The molecule has 0 saturated carbocycles. The number of aromatic nitrogens is 1. The van der Waals surface area contributed by atoms with Gasteiger partial charge in [0.1, 0.15) is 17.0 Å². The zero-order valence-corrected chi connectivity index (χ0v) is 16.5.